The molecule has 1 aliphatic heterocycles. The van der Waals surface area contributed by atoms with E-state index in [2.05, 4.69) is 9.88 Å². The van der Waals surface area contributed by atoms with Crippen molar-refractivity contribution in [1.82, 2.24) is 4.98 Å². The van der Waals surface area contributed by atoms with Gasteiger partial charge in [0.05, 0.1) is 12.2 Å². The highest BCUT2D eigenvalue weighted by Gasteiger charge is 2.19. The largest absolute Gasteiger partial charge is 0.389 e. The second-order valence-electron chi connectivity index (χ2n) is 5.15. The second-order valence-corrected chi connectivity index (χ2v) is 5.59. The van der Waals surface area contributed by atoms with Crippen molar-refractivity contribution in [3.8, 4) is 0 Å². The highest BCUT2D eigenvalue weighted by molar-refractivity contribution is 7.80. The summed E-state index contributed by atoms with van der Waals surface area (Å²) < 4.78 is 5.52. The van der Waals surface area contributed by atoms with E-state index in [-0.39, 0.29) is 0 Å². The maximum Gasteiger partial charge on any atom is 0.138 e. The Morgan fingerprint density at radius 2 is 2.42 bits per heavy atom. The van der Waals surface area contributed by atoms with E-state index >= 15 is 0 Å². The Kier molecular flexibility index (Phi) is 4.71. The zero-order valence-electron chi connectivity index (χ0n) is 11.6. The summed E-state index contributed by atoms with van der Waals surface area (Å²) in [5.74, 6) is 1.43. The molecule has 1 unspecified atom stereocenters. The first-order valence-electron chi connectivity index (χ1n) is 6.64. The number of hydrogen-bond acceptors (Lipinski definition) is 4. The minimum absolute atomic E-state index is 0.410. The van der Waals surface area contributed by atoms with Gasteiger partial charge in [-0.1, -0.05) is 12.2 Å². The number of thiocarbonyl (C=S) groups is 1. The van der Waals surface area contributed by atoms with Gasteiger partial charge in [0, 0.05) is 26.4 Å². The van der Waals surface area contributed by atoms with Gasteiger partial charge in [0.15, 0.2) is 0 Å². The number of pyridine rings is 1. The van der Waals surface area contributed by atoms with Gasteiger partial charge in [-0.3, -0.25) is 0 Å². The van der Waals surface area contributed by atoms with Crippen LogP contribution in [0.3, 0.4) is 0 Å². The maximum absolute atomic E-state index is 5.83. The number of aryl methyl sites for hydroxylation is 1. The predicted octanol–water partition coefficient (Wildman–Crippen LogP) is 1.89. The maximum atomic E-state index is 5.83. The van der Waals surface area contributed by atoms with Crippen LogP contribution < -0.4 is 10.6 Å². The van der Waals surface area contributed by atoms with E-state index in [1.165, 1.54) is 6.42 Å². The molecular formula is C14H21N3OS. The SMILES string of the molecule is Cc1ccnc(N(C)CC2CCCOC2)c1C(N)=S. The van der Waals surface area contributed by atoms with Crippen LogP contribution in [0.5, 0.6) is 0 Å². The Hall–Kier alpha value is -1.20. The molecule has 0 aliphatic carbocycles. The van der Waals surface area contributed by atoms with Gasteiger partial charge in [-0.25, -0.2) is 4.98 Å². The number of aromatic nitrogens is 1. The standard InChI is InChI=1S/C14H21N3OS/c1-10-5-6-16-14(12(10)13(15)19)17(2)8-11-4-3-7-18-9-11/h5-6,11H,3-4,7-9H2,1-2H3,(H2,15,19). The van der Waals surface area contributed by atoms with Gasteiger partial charge in [-0.2, -0.15) is 0 Å². The number of ether oxygens (including phenoxy) is 1. The minimum Gasteiger partial charge on any atom is -0.389 e. The van der Waals surface area contributed by atoms with Gasteiger partial charge in [0.25, 0.3) is 0 Å². The van der Waals surface area contributed by atoms with Crippen molar-refractivity contribution in [3.05, 3.63) is 23.4 Å². The number of hydrogen-bond donors (Lipinski definition) is 1. The molecule has 2 heterocycles. The molecule has 0 radical (unpaired) electrons. The summed E-state index contributed by atoms with van der Waals surface area (Å²) >= 11 is 5.15. The van der Waals surface area contributed by atoms with E-state index in [4.69, 9.17) is 22.7 Å². The van der Waals surface area contributed by atoms with Crippen LogP contribution in [-0.4, -0.2) is 36.8 Å². The van der Waals surface area contributed by atoms with E-state index in [1.54, 1.807) is 6.20 Å². The quantitative estimate of drug-likeness (QED) is 0.853. The first-order chi connectivity index (χ1) is 9.09. The van der Waals surface area contributed by atoms with Gasteiger partial charge >= 0.3 is 0 Å². The monoisotopic (exact) mass is 279 g/mol. The lowest BCUT2D eigenvalue weighted by Crippen LogP contribution is -2.33. The zero-order valence-corrected chi connectivity index (χ0v) is 12.4. The smallest absolute Gasteiger partial charge is 0.138 e. The summed E-state index contributed by atoms with van der Waals surface area (Å²) in [5, 5.41) is 0. The topological polar surface area (TPSA) is 51.4 Å². The molecule has 104 valence electrons. The molecule has 1 atom stereocenters. The Morgan fingerprint density at radius 3 is 3.05 bits per heavy atom. The van der Waals surface area contributed by atoms with Crippen molar-refractivity contribution < 1.29 is 4.74 Å². The predicted molar refractivity (Wildman–Crippen MR) is 81.7 cm³/mol. The van der Waals surface area contributed by atoms with Crippen LogP contribution in [0.15, 0.2) is 12.3 Å². The summed E-state index contributed by atoms with van der Waals surface area (Å²) in [6.45, 7) is 4.66. The van der Waals surface area contributed by atoms with Gasteiger partial charge in [0.1, 0.15) is 10.8 Å². The van der Waals surface area contributed by atoms with Crippen LogP contribution in [0.25, 0.3) is 0 Å². The number of rotatable bonds is 4. The molecule has 4 nitrogen and oxygen atoms in total. The van der Waals surface area contributed by atoms with Crippen LogP contribution in [-0.2, 0) is 4.74 Å². The van der Waals surface area contributed by atoms with Crippen LogP contribution in [0.2, 0.25) is 0 Å². The fraction of sp³-hybridized carbons (Fsp3) is 0.571. The summed E-state index contributed by atoms with van der Waals surface area (Å²) in [5.41, 5.74) is 7.79. The fourth-order valence-corrected chi connectivity index (χ4v) is 2.82. The van der Waals surface area contributed by atoms with Crippen molar-refractivity contribution in [1.29, 1.82) is 0 Å². The van der Waals surface area contributed by atoms with Crippen molar-refractivity contribution in [2.24, 2.45) is 11.7 Å². The molecule has 2 N–H and O–H groups in total. The van der Waals surface area contributed by atoms with Crippen molar-refractivity contribution in [3.63, 3.8) is 0 Å². The molecule has 0 amide bonds. The average Bonchev–Trinajstić information content (AvgIpc) is 2.39. The molecule has 0 saturated carbocycles. The first-order valence-corrected chi connectivity index (χ1v) is 7.04. The first kappa shape index (κ1) is 14.2. The van der Waals surface area contributed by atoms with E-state index in [0.29, 0.717) is 10.9 Å². The van der Waals surface area contributed by atoms with E-state index in [0.717, 1.165) is 43.1 Å². The lowest BCUT2D eigenvalue weighted by atomic mass is 10.0. The zero-order chi connectivity index (χ0) is 13.8. The summed E-state index contributed by atoms with van der Waals surface area (Å²) in [4.78, 5) is 6.99. The van der Waals surface area contributed by atoms with E-state index in [9.17, 15) is 0 Å². The molecule has 0 aromatic carbocycles. The lowest BCUT2D eigenvalue weighted by Gasteiger charge is -2.29. The molecule has 0 bridgehead atoms. The van der Waals surface area contributed by atoms with Crippen molar-refractivity contribution >= 4 is 23.0 Å². The van der Waals surface area contributed by atoms with Crippen LogP contribution in [0.4, 0.5) is 5.82 Å². The molecule has 1 saturated heterocycles. The molecule has 1 aromatic rings. The third-order valence-corrected chi connectivity index (χ3v) is 3.74. The summed E-state index contributed by atoms with van der Waals surface area (Å²) in [7, 11) is 2.04. The van der Waals surface area contributed by atoms with Crippen molar-refractivity contribution in [2.45, 2.75) is 19.8 Å². The minimum atomic E-state index is 0.410. The Morgan fingerprint density at radius 1 is 1.63 bits per heavy atom. The lowest BCUT2D eigenvalue weighted by molar-refractivity contribution is 0.0576. The van der Waals surface area contributed by atoms with E-state index in [1.807, 2.05) is 20.0 Å². The second kappa shape index (κ2) is 6.30. The highest BCUT2D eigenvalue weighted by Crippen LogP contribution is 2.22. The normalized spacial score (nSPS) is 19.2. The van der Waals surface area contributed by atoms with Crippen LogP contribution in [0, 0.1) is 12.8 Å². The highest BCUT2D eigenvalue weighted by atomic mass is 32.1. The van der Waals surface area contributed by atoms with Crippen LogP contribution >= 0.6 is 12.2 Å². The summed E-state index contributed by atoms with van der Waals surface area (Å²) in [6, 6.07) is 1.94. The van der Waals surface area contributed by atoms with Gasteiger partial charge in [-0.15, -0.1) is 0 Å². The van der Waals surface area contributed by atoms with Gasteiger partial charge in [0.2, 0.25) is 0 Å². The third kappa shape index (κ3) is 3.42. The molecule has 5 heteroatoms. The fourth-order valence-electron chi connectivity index (χ4n) is 2.56. The Labute approximate surface area is 120 Å². The van der Waals surface area contributed by atoms with Crippen molar-refractivity contribution in [2.75, 3.05) is 31.7 Å². The molecule has 1 aliphatic rings. The number of nitrogens with two attached hydrogens (primary N) is 1. The Balaban J connectivity index is 2.16. The molecule has 2 rings (SSSR count). The molecular weight excluding hydrogens is 258 g/mol. The third-order valence-electron chi connectivity index (χ3n) is 3.53. The molecule has 1 fully saturated rings. The number of anilines is 1. The molecule has 19 heavy (non-hydrogen) atoms. The average molecular weight is 279 g/mol. The van der Waals surface area contributed by atoms with Gasteiger partial charge < -0.3 is 15.4 Å². The summed E-state index contributed by atoms with van der Waals surface area (Å²) in [6.07, 6.45) is 4.15. The Bertz CT molecular complexity index is 458. The van der Waals surface area contributed by atoms with E-state index < -0.39 is 0 Å². The number of nitrogens with zero attached hydrogens (tertiary/aromatic N) is 2. The molecule has 0 spiro atoms. The molecule has 1 aromatic heterocycles. The van der Waals surface area contributed by atoms with Crippen LogP contribution in [0.1, 0.15) is 24.0 Å². The van der Waals surface area contributed by atoms with Gasteiger partial charge in [-0.05, 0) is 37.3 Å².